The summed E-state index contributed by atoms with van der Waals surface area (Å²) in [5.41, 5.74) is 3.24. The van der Waals surface area contributed by atoms with Crippen LogP contribution < -0.4 is 5.32 Å². The van der Waals surface area contributed by atoms with E-state index in [1.54, 1.807) is 24.5 Å². The molecule has 1 aromatic heterocycles. The average molecular weight is 334 g/mol. The molecule has 1 heterocycles. The summed E-state index contributed by atoms with van der Waals surface area (Å²) in [6.45, 7) is 2.00. The molecule has 0 saturated carbocycles. The number of rotatable bonds is 3. The largest absolute Gasteiger partial charge is 0.464 e. The Kier molecular flexibility index (Phi) is 4.10. The van der Waals surface area contributed by atoms with Crippen molar-refractivity contribution in [2.24, 2.45) is 0 Å². The lowest BCUT2D eigenvalue weighted by Gasteiger charge is -2.07. The average Bonchev–Trinajstić information content (AvgIpc) is 2.85. The van der Waals surface area contributed by atoms with Crippen molar-refractivity contribution in [1.29, 1.82) is 0 Å². The van der Waals surface area contributed by atoms with Gasteiger partial charge in [-0.25, -0.2) is 0 Å². The Morgan fingerprint density at radius 2 is 2.00 bits per heavy atom. The summed E-state index contributed by atoms with van der Waals surface area (Å²) in [6, 6.07) is 10.8. The Labute approximate surface area is 137 Å². The lowest BCUT2D eigenvalue weighted by Crippen LogP contribution is -2.14. The number of halogens is 2. The van der Waals surface area contributed by atoms with E-state index in [0.717, 1.165) is 22.1 Å². The van der Waals surface area contributed by atoms with Gasteiger partial charge in [0.15, 0.2) is 0 Å². The lowest BCUT2D eigenvalue weighted by atomic mass is 10.1. The summed E-state index contributed by atoms with van der Waals surface area (Å²) >= 11 is 12.0. The van der Waals surface area contributed by atoms with E-state index in [4.69, 9.17) is 27.6 Å². The van der Waals surface area contributed by atoms with E-state index < -0.39 is 0 Å². The maximum Gasteiger partial charge on any atom is 0.228 e. The van der Waals surface area contributed by atoms with Crippen molar-refractivity contribution in [3.8, 4) is 0 Å². The molecular formula is C17H13Cl2NO2. The third kappa shape index (κ3) is 3.11. The summed E-state index contributed by atoms with van der Waals surface area (Å²) in [6.07, 6.45) is 1.82. The minimum Gasteiger partial charge on any atom is -0.464 e. The molecule has 3 rings (SSSR count). The van der Waals surface area contributed by atoms with Crippen LogP contribution in [0.25, 0.3) is 11.0 Å². The van der Waals surface area contributed by atoms with E-state index in [1.807, 2.05) is 25.1 Å². The molecule has 2 aromatic carbocycles. The van der Waals surface area contributed by atoms with Gasteiger partial charge in [0.1, 0.15) is 5.58 Å². The monoisotopic (exact) mass is 333 g/mol. The molecule has 0 saturated heterocycles. The number of aryl methyl sites for hydroxylation is 1. The third-order valence-corrected chi connectivity index (χ3v) is 3.93. The van der Waals surface area contributed by atoms with Crippen LogP contribution in [-0.2, 0) is 11.2 Å². The number of benzene rings is 2. The molecule has 0 unspecified atom stereocenters. The number of nitrogens with one attached hydrogen (secondary N) is 1. The Hall–Kier alpha value is -1.97. The van der Waals surface area contributed by atoms with Gasteiger partial charge in [0.05, 0.1) is 23.4 Å². The minimum atomic E-state index is -0.173. The summed E-state index contributed by atoms with van der Waals surface area (Å²) in [5.74, 6) is -0.173. The highest BCUT2D eigenvalue weighted by Crippen LogP contribution is 2.26. The number of amides is 1. The number of carbonyl (C=O) groups is 1. The zero-order chi connectivity index (χ0) is 15.7. The highest BCUT2D eigenvalue weighted by molar-refractivity contribution is 6.35. The number of fused-ring (bicyclic) bond motifs is 1. The van der Waals surface area contributed by atoms with Crippen LogP contribution in [0.1, 0.15) is 11.1 Å². The lowest BCUT2D eigenvalue weighted by molar-refractivity contribution is -0.115. The predicted molar refractivity (Wildman–Crippen MR) is 89.7 cm³/mol. The maximum absolute atomic E-state index is 12.2. The van der Waals surface area contributed by atoms with E-state index in [9.17, 15) is 4.79 Å². The second-order valence-electron chi connectivity index (χ2n) is 5.11. The van der Waals surface area contributed by atoms with Crippen molar-refractivity contribution in [3.63, 3.8) is 0 Å². The van der Waals surface area contributed by atoms with E-state index >= 15 is 0 Å². The van der Waals surface area contributed by atoms with Gasteiger partial charge in [0.25, 0.3) is 0 Å². The molecule has 0 spiro atoms. The van der Waals surface area contributed by atoms with E-state index in [-0.39, 0.29) is 12.3 Å². The van der Waals surface area contributed by atoms with Gasteiger partial charge in [0.2, 0.25) is 5.91 Å². The zero-order valence-corrected chi connectivity index (χ0v) is 13.3. The third-order valence-electron chi connectivity index (χ3n) is 3.36. The standard InChI is InChI=1S/C17H13Cl2NO2/c1-10-2-5-16-13(6-10)11(9-22-16)7-17(21)20-15-8-12(18)3-4-14(15)19/h2-6,8-9H,7H2,1H3,(H,20,21). The molecule has 1 amide bonds. The summed E-state index contributed by atoms with van der Waals surface area (Å²) in [4.78, 5) is 12.2. The van der Waals surface area contributed by atoms with Crippen molar-refractivity contribution >= 4 is 45.8 Å². The van der Waals surface area contributed by atoms with Crippen LogP contribution in [0.15, 0.2) is 47.1 Å². The minimum absolute atomic E-state index is 0.173. The molecule has 0 aliphatic rings. The fourth-order valence-electron chi connectivity index (χ4n) is 2.29. The summed E-state index contributed by atoms with van der Waals surface area (Å²) < 4.78 is 5.47. The van der Waals surface area contributed by atoms with Crippen molar-refractivity contribution in [2.45, 2.75) is 13.3 Å². The number of carbonyl (C=O) groups excluding carboxylic acids is 1. The first-order chi connectivity index (χ1) is 10.5. The zero-order valence-electron chi connectivity index (χ0n) is 11.8. The molecule has 1 N–H and O–H groups in total. The molecule has 0 fully saturated rings. The topological polar surface area (TPSA) is 42.2 Å². The number of hydrogen-bond acceptors (Lipinski definition) is 2. The molecular weight excluding hydrogens is 321 g/mol. The molecule has 5 heteroatoms. The SMILES string of the molecule is Cc1ccc2occ(CC(=O)Nc3cc(Cl)ccc3Cl)c2c1. The van der Waals surface area contributed by atoms with Crippen LogP contribution >= 0.6 is 23.2 Å². The van der Waals surface area contributed by atoms with Crippen molar-refractivity contribution in [1.82, 2.24) is 0 Å². The molecule has 0 radical (unpaired) electrons. The highest BCUT2D eigenvalue weighted by atomic mass is 35.5. The Morgan fingerprint density at radius 3 is 2.82 bits per heavy atom. The van der Waals surface area contributed by atoms with Gasteiger partial charge in [-0.1, -0.05) is 34.8 Å². The van der Waals surface area contributed by atoms with Gasteiger partial charge >= 0.3 is 0 Å². The number of furan rings is 1. The Morgan fingerprint density at radius 1 is 1.18 bits per heavy atom. The molecule has 0 bridgehead atoms. The van der Waals surface area contributed by atoms with Gasteiger partial charge in [-0.05, 0) is 37.3 Å². The van der Waals surface area contributed by atoms with Gasteiger partial charge < -0.3 is 9.73 Å². The molecule has 3 nitrogen and oxygen atoms in total. The molecule has 112 valence electrons. The number of anilines is 1. The first kappa shape index (κ1) is 14.9. The van der Waals surface area contributed by atoms with Crippen molar-refractivity contribution in [3.05, 3.63) is 63.8 Å². The Bertz CT molecular complexity index is 855. The fourth-order valence-corrected chi connectivity index (χ4v) is 2.63. The van der Waals surface area contributed by atoms with E-state index in [0.29, 0.717) is 15.7 Å². The predicted octanol–water partition coefficient (Wildman–Crippen LogP) is 5.23. The van der Waals surface area contributed by atoms with Crippen LogP contribution in [0.3, 0.4) is 0 Å². The van der Waals surface area contributed by atoms with E-state index in [2.05, 4.69) is 5.32 Å². The summed E-state index contributed by atoms with van der Waals surface area (Å²) in [7, 11) is 0. The van der Waals surface area contributed by atoms with Crippen molar-refractivity contribution in [2.75, 3.05) is 5.32 Å². The molecule has 22 heavy (non-hydrogen) atoms. The smallest absolute Gasteiger partial charge is 0.228 e. The number of hydrogen-bond donors (Lipinski definition) is 1. The van der Waals surface area contributed by atoms with Crippen molar-refractivity contribution < 1.29 is 9.21 Å². The van der Waals surface area contributed by atoms with Gasteiger partial charge in [-0.15, -0.1) is 0 Å². The van der Waals surface area contributed by atoms with Gasteiger partial charge in [-0.3, -0.25) is 4.79 Å². The van der Waals surface area contributed by atoms with Crippen LogP contribution in [0, 0.1) is 6.92 Å². The van der Waals surface area contributed by atoms with Crippen LogP contribution in [0.4, 0.5) is 5.69 Å². The normalized spacial score (nSPS) is 10.9. The molecule has 3 aromatic rings. The molecule has 0 aliphatic heterocycles. The molecule has 0 aliphatic carbocycles. The second kappa shape index (κ2) is 6.03. The van der Waals surface area contributed by atoms with Gasteiger partial charge in [0, 0.05) is 16.0 Å². The first-order valence-electron chi connectivity index (χ1n) is 6.74. The summed E-state index contributed by atoms with van der Waals surface area (Å²) in [5, 5.41) is 4.69. The first-order valence-corrected chi connectivity index (χ1v) is 7.50. The van der Waals surface area contributed by atoms with Gasteiger partial charge in [-0.2, -0.15) is 0 Å². The van der Waals surface area contributed by atoms with Crippen LogP contribution in [0.5, 0.6) is 0 Å². The maximum atomic E-state index is 12.2. The Balaban J connectivity index is 1.81. The van der Waals surface area contributed by atoms with Crippen LogP contribution in [-0.4, -0.2) is 5.91 Å². The van der Waals surface area contributed by atoms with Crippen LogP contribution in [0.2, 0.25) is 10.0 Å². The fraction of sp³-hybridized carbons (Fsp3) is 0.118. The quantitative estimate of drug-likeness (QED) is 0.713. The highest BCUT2D eigenvalue weighted by Gasteiger charge is 2.12. The second-order valence-corrected chi connectivity index (χ2v) is 5.95. The molecule has 0 atom stereocenters. The van der Waals surface area contributed by atoms with E-state index in [1.165, 1.54) is 0 Å².